The van der Waals surface area contributed by atoms with Gasteiger partial charge in [-0.25, -0.2) is 13.2 Å². The number of piperidine rings is 1. The van der Waals surface area contributed by atoms with Gasteiger partial charge in [0, 0.05) is 31.4 Å². The average molecular weight is 431 g/mol. The number of carbonyl (C=O) groups excluding carboxylic acids is 1. The Kier molecular flexibility index (Phi) is 6.35. The minimum atomic E-state index is -4.58. The lowest BCUT2D eigenvalue weighted by molar-refractivity contribution is -0.141. The fourth-order valence-electron chi connectivity index (χ4n) is 3.54. The van der Waals surface area contributed by atoms with Crippen molar-refractivity contribution in [3.05, 3.63) is 64.7 Å². The van der Waals surface area contributed by atoms with Crippen molar-refractivity contribution in [3.8, 4) is 0 Å². The van der Waals surface area contributed by atoms with Gasteiger partial charge in [0.1, 0.15) is 11.5 Å². The lowest BCUT2D eigenvalue weighted by Crippen LogP contribution is -2.44. The Hall–Kier alpha value is -2.62. The van der Waals surface area contributed by atoms with Crippen molar-refractivity contribution < 1.29 is 31.1 Å². The Morgan fingerprint density at radius 3 is 2.30 bits per heavy atom. The third-order valence-corrected chi connectivity index (χ3v) is 5.28. The Labute approximate surface area is 168 Å². The van der Waals surface area contributed by atoms with Crippen molar-refractivity contribution in [1.82, 2.24) is 9.88 Å². The number of hydrogen-bond acceptors (Lipinski definition) is 3. The molecule has 0 radical (unpaired) electrons. The largest absolute Gasteiger partial charge is 0.433 e. The zero-order valence-electron chi connectivity index (χ0n) is 15.7. The van der Waals surface area contributed by atoms with Crippen molar-refractivity contribution in [2.45, 2.75) is 31.5 Å². The summed E-state index contributed by atoms with van der Waals surface area (Å²) in [6.07, 6.45) is -2.68. The van der Waals surface area contributed by atoms with Crippen LogP contribution in [0, 0.1) is 23.4 Å². The van der Waals surface area contributed by atoms with Crippen LogP contribution in [0.1, 0.15) is 34.5 Å². The van der Waals surface area contributed by atoms with E-state index in [0.717, 1.165) is 24.4 Å². The predicted molar refractivity (Wildman–Crippen MR) is 95.9 cm³/mol. The molecule has 2 aromatic rings. The fourth-order valence-corrected chi connectivity index (χ4v) is 3.54. The third kappa shape index (κ3) is 4.92. The van der Waals surface area contributed by atoms with E-state index >= 15 is 0 Å². The maximum absolute atomic E-state index is 13.8. The first-order valence-electron chi connectivity index (χ1n) is 9.27. The SMILES string of the molecule is NC(Cc1cc(F)c(F)cc1F)C1CCN(C(=O)c2ccc(C(F)(F)F)nc2)CC1. The molecule has 0 bridgehead atoms. The van der Waals surface area contributed by atoms with Crippen molar-refractivity contribution in [2.75, 3.05) is 13.1 Å². The molecule has 1 unspecified atom stereocenters. The van der Waals surface area contributed by atoms with Gasteiger partial charge in [-0.05, 0) is 48.9 Å². The van der Waals surface area contributed by atoms with Crippen LogP contribution < -0.4 is 5.73 Å². The van der Waals surface area contributed by atoms with E-state index in [1.807, 2.05) is 0 Å². The molecule has 1 aliphatic rings. The van der Waals surface area contributed by atoms with E-state index in [1.165, 1.54) is 4.90 Å². The topological polar surface area (TPSA) is 59.2 Å². The molecule has 162 valence electrons. The minimum absolute atomic E-state index is 0.0178. The molecule has 2 heterocycles. The Balaban J connectivity index is 1.57. The van der Waals surface area contributed by atoms with Crippen LogP contribution in [0.15, 0.2) is 30.5 Å². The van der Waals surface area contributed by atoms with Crippen LogP contribution >= 0.6 is 0 Å². The van der Waals surface area contributed by atoms with Crippen LogP contribution in [-0.4, -0.2) is 34.9 Å². The first kappa shape index (κ1) is 22.1. The summed E-state index contributed by atoms with van der Waals surface area (Å²) in [5, 5.41) is 0. The summed E-state index contributed by atoms with van der Waals surface area (Å²) < 4.78 is 78.0. The van der Waals surface area contributed by atoms with Gasteiger partial charge in [-0.3, -0.25) is 9.78 Å². The summed E-state index contributed by atoms with van der Waals surface area (Å²) in [5.41, 5.74) is 5.08. The number of carbonyl (C=O) groups is 1. The molecule has 1 aromatic heterocycles. The molecule has 3 rings (SSSR count). The Bertz CT molecular complexity index is 908. The molecule has 0 saturated carbocycles. The third-order valence-electron chi connectivity index (χ3n) is 5.28. The number of nitrogens with two attached hydrogens (primary N) is 1. The number of rotatable bonds is 4. The summed E-state index contributed by atoms with van der Waals surface area (Å²) >= 11 is 0. The second kappa shape index (κ2) is 8.63. The van der Waals surface area contributed by atoms with E-state index in [9.17, 15) is 31.1 Å². The number of likely N-dealkylation sites (tertiary alicyclic amines) is 1. The molecule has 30 heavy (non-hydrogen) atoms. The molecule has 1 amide bonds. The highest BCUT2D eigenvalue weighted by Crippen LogP contribution is 2.28. The minimum Gasteiger partial charge on any atom is -0.339 e. The molecule has 2 N–H and O–H groups in total. The van der Waals surface area contributed by atoms with E-state index in [-0.39, 0.29) is 23.5 Å². The summed E-state index contributed by atoms with van der Waals surface area (Å²) in [7, 11) is 0. The number of nitrogens with zero attached hydrogens (tertiary/aromatic N) is 2. The molecule has 1 atom stereocenters. The van der Waals surface area contributed by atoms with Gasteiger partial charge in [-0.15, -0.1) is 0 Å². The molecule has 1 aromatic carbocycles. The molecule has 1 aliphatic heterocycles. The maximum Gasteiger partial charge on any atom is 0.433 e. The molecule has 10 heteroatoms. The highest BCUT2D eigenvalue weighted by atomic mass is 19.4. The van der Waals surface area contributed by atoms with Crippen molar-refractivity contribution in [3.63, 3.8) is 0 Å². The van der Waals surface area contributed by atoms with Crippen LogP contribution in [0.2, 0.25) is 0 Å². The normalized spacial score (nSPS) is 16.6. The van der Waals surface area contributed by atoms with E-state index in [2.05, 4.69) is 4.98 Å². The Morgan fingerprint density at radius 1 is 1.10 bits per heavy atom. The lowest BCUT2D eigenvalue weighted by Gasteiger charge is -2.35. The smallest absolute Gasteiger partial charge is 0.339 e. The zero-order valence-corrected chi connectivity index (χ0v) is 15.7. The second-order valence-corrected chi connectivity index (χ2v) is 7.29. The Morgan fingerprint density at radius 2 is 1.73 bits per heavy atom. The molecular weight excluding hydrogens is 412 g/mol. The number of pyridine rings is 1. The summed E-state index contributed by atoms with van der Waals surface area (Å²) in [5.74, 6) is -3.80. The first-order valence-corrected chi connectivity index (χ1v) is 9.27. The van der Waals surface area contributed by atoms with Crippen molar-refractivity contribution >= 4 is 5.91 Å². The standard InChI is InChI=1S/C20H19F6N3O/c21-14-9-16(23)15(22)7-13(14)8-17(27)11-3-5-29(6-4-11)19(30)12-1-2-18(28-10-12)20(24,25)26/h1-2,7,9-11,17H,3-6,8,27H2. The van der Waals surface area contributed by atoms with Gasteiger partial charge in [0.15, 0.2) is 11.6 Å². The summed E-state index contributed by atoms with van der Waals surface area (Å²) in [6, 6.07) is 2.60. The number of benzene rings is 1. The van der Waals surface area contributed by atoms with Gasteiger partial charge >= 0.3 is 6.18 Å². The van der Waals surface area contributed by atoms with Crippen molar-refractivity contribution in [2.24, 2.45) is 11.7 Å². The molecule has 1 fully saturated rings. The van der Waals surface area contributed by atoms with Gasteiger partial charge in [0.2, 0.25) is 0 Å². The second-order valence-electron chi connectivity index (χ2n) is 7.29. The molecule has 4 nitrogen and oxygen atoms in total. The number of amides is 1. The quantitative estimate of drug-likeness (QED) is 0.590. The van der Waals surface area contributed by atoms with Crippen molar-refractivity contribution in [1.29, 1.82) is 0 Å². The summed E-state index contributed by atoms with van der Waals surface area (Å²) in [4.78, 5) is 17.3. The summed E-state index contributed by atoms with van der Waals surface area (Å²) in [6.45, 7) is 0.636. The van der Waals surface area contributed by atoms with Gasteiger partial charge in [-0.1, -0.05) is 0 Å². The highest BCUT2D eigenvalue weighted by Gasteiger charge is 2.33. The average Bonchev–Trinajstić information content (AvgIpc) is 2.71. The number of halogens is 6. The lowest BCUT2D eigenvalue weighted by atomic mass is 9.86. The van der Waals surface area contributed by atoms with Gasteiger partial charge < -0.3 is 10.6 Å². The van der Waals surface area contributed by atoms with E-state index in [4.69, 9.17) is 5.73 Å². The van der Waals surface area contributed by atoms with E-state index < -0.39 is 41.3 Å². The molecular formula is C20H19F6N3O. The zero-order chi connectivity index (χ0) is 22.1. The van der Waals surface area contributed by atoms with E-state index in [0.29, 0.717) is 32.0 Å². The van der Waals surface area contributed by atoms with Gasteiger partial charge in [0.25, 0.3) is 5.91 Å². The number of aromatic nitrogens is 1. The van der Waals surface area contributed by atoms with Crippen LogP contribution in [-0.2, 0) is 12.6 Å². The molecule has 0 aliphatic carbocycles. The van der Waals surface area contributed by atoms with Crippen LogP contribution in [0.5, 0.6) is 0 Å². The predicted octanol–water partition coefficient (Wildman–Crippen LogP) is 3.94. The highest BCUT2D eigenvalue weighted by molar-refractivity contribution is 5.94. The van der Waals surface area contributed by atoms with E-state index in [1.54, 1.807) is 0 Å². The first-order chi connectivity index (χ1) is 14.1. The molecule has 1 saturated heterocycles. The van der Waals surface area contributed by atoms with Crippen LogP contribution in [0.4, 0.5) is 26.3 Å². The molecule has 0 spiro atoms. The number of alkyl halides is 3. The maximum atomic E-state index is 13.8. The number of hydrogen-bond donors (Lipinski definition) is 1. The van der Waals surface area contributed by atoms with Crippen LogP contribution in [0.3, 0.4) is 0 Å². The van der Waals surface area contributed by atoms with Gasteiger partial charge in [0.05, 0.1) is 5.56 Å². The monoisotopic (exact) mass is 431 g/mol. The fraction of sp³-hybridized carbons (Fsp3) is 0.400. The van der Waals surface area contributed by atoms with Crippen LogP contribution in [0.25, 0.3) is 0 Å². The van der Waals surface area contributed by atoms with Gasteiger partial charge in [-0.2, -0.15) is 13.2 Å².